The van der Waals surface area contributed by atoms with Crippen LogP contribution in [0, 0.1) is 6.92 Å². The maximum atomic E-state index is 12.6. The molecule has 0 atom stereocenters. The molecule has 1 aliphatic rings. The largest absolute Gasteiger partial charge is 0.343 e. The molecule has 0 aromatic heterocycles. The number of nitrogens with zero attached hydrogens (tertiary/aromatic N) is 1. The van der Waals surface area contributed by atoms with Crippen molar-refractivity contribution in [2.24, 2.45) is 0 Å². The maximum absolute atomic E-state index is 12.6. The second kappa shape index (κ2) is 9.14. The lowest BCUT2D eigenvalue weighted by Gasteiger charge is -2.15. The predicted molar refractivity (Wildman–Crippen MR) is 106 cm³/mol. The van der Waals surface area contributed by atoms with E-state index in [0.29, 0.717) is 30.8 Å². The Morgan fingerprint density at radius 2 is 1.77 bits per heavy atom. The highest BCUT2D eigenvalue weighted by atomic mass is 32.2. The smallest absolute Gasteiger partial charge is 0.241 e. The molecule has 1 aliphatic heterocycles. The van der Waals surface area contributed by atoms with Gasteiger partial charge in [-0.25, -0.2) is 13.1 Å². The molecule has 5 nitrogen and oxygen atoms in total. The zero-order valence-corrected chi connectivity index (χ0v) is 16.6. The van der Waals surface area contributed by atoms with Gasteiger partial charge in [-0.05, 0) is 36.8 Å². The molecule has 2 aromatic rings. The Hall–Kier alpha value is -1.92. The van der Waals surface area contributed by atoms with E-state index in [1.807, 2.05) is 45.0 Å². The Labute approximate surface area is 156 Å². The molecule has 6 heteroatoms. The Bertz CT molecular complexity index is 862. The van der Waals surface area contributed by atoms with E-state index in [1.54, 1.807) is 17.0 Å². The van der Waals surface area contributed by atoms with Gasteiger partial charge in [0, 0.05) is 31.4 Å². The van der Waals surface area contributed by atoms with Gasteiger partial charge in [-0.15, -0.1) is 0 Å². The van der Waals surface area contributed by atoms with Gasteiger partial charge in [-0.2, -0.15) is 0 Å². The van der Waals surface area contributed by atoms with E-state index in [1.165, 1.54) is 0 Å². The maximum Gasteiger partial charge on any atom is 0.241 e. The van der Waals surface area contributed by atoms with Crippen LogP contribution in [-0.2, 0) is 14.8 Å². The van der Waals surface area contributed by atoms with Gasteiger partial charge < -0.3 is 4.90 Å². The zero-order valence-electron chi connectivity index (χ0n) is 15.8. The first-order chi connectivity index (χ1) is 12.5. The van der Waals surface area contributed by atoms with E-state index < -0.39 is 10.0 Å². The lowest BCUT2D eigenvalue weighted by molar-refractivity contribution is -0.127. The number of sulfonamides is 1. The van der Waals surface area contributed by atoms with Gasteiger partial charge >= 0.3 is 0 Å². The van der Waals surface area contributed by atoms with Crippen LogP contribution in [-0.4, -0.2) is 38.9 Å². The number of likely N-dealkylation sites (tertiary alicyclic amines) is 1. The first-order valence-corrected chi connectivity index (χ1v) is 10.7. The number of rotatable bonds is 6. The summed E-state index contributed by atoms with van der Waals surface area (Å²) in [6.07, 6.45) is 2.13. The van der Waals surface area contributed by atoms with Gasteiger partial charge in [0.15, 0.2) is 0 Å². The Morgan fingerprint density at radius 1 is 1.08 bits per heavy atom. The summed E-state index contributed by atoms with van der Waals surface area (Å²) in [5, 5.41) is 1.68. The standard InChI is InChI=1S/C18H22N2O3S.C2H6/c1-14-6-2-8-16-15(14)7-3-9-17(16)24(22,23)19-11-5-13-20-12-4-10-18(20)21;1-2/h2-3,6-9,19H,4-5,10-13H2,1H3;1-2H3. The first kappa shape index (κ1) is 20.4. The van der Waals surface area contributed by atoms with Gasteiger partial charge in [0.2, 0.25) is 15.9 Å². The van der Waals surface area contributed by atoms with Crippen molar-refractivity contribution >= 4 is 26.7 Å². The lowest BCUT2D eigenvalue weighted by atomic mass is 10.1. The van der Waals surface area contributed by atoms with Crippen LogP contribution in [0.4, 0.5) is 0 Å². The molecule has 1 saturated heterocycles. The third-order valence-corrected chi connectivity index (χ3v) is 5.98. The van der Waals surface area contributed by atoms with Crippen LogP contribution in [0.3, 0.4) is 0 Å². The second-order valence-electron chi connectivity index (χ2n) is 6.16. The van der Waals surface area contributed by atoms with Crippen molar-refractivity contribution in [3.05, 3.63) is 42.0 Å². The normalized spacial score (nSPS) is 14.4. The fraction of sp³-hybridized carbons (Fsp3) is 0.450. The summed E-state index contributed by atoms with van der Waals surface area (Å²) in [4.78, 5) is 13.7. The minimum atomic E-state index is -3.57. The molecule has 3 rings (SSSR count). The summed E-state index contributed by atoms with van der Waals surface area (Å²) < 4.78 is 27.9. The average molecular weight is 377 g/mol. The zero-order chi connectivity index (χ0) is 19.2. The Kier molecular flexibility index (Phi) is 7.17. The molecule has 0 spiro atoms. The summed E-state index contributed by atoms with van der Waals surface area (Å²) in [7, 11) is -3.57. The number of hydrogen-bond acceptors (Lipinski definition) is 3. The van der Waals surface area contributed by atoms with E-state index in [4.69, 9.17) is 0 Å². The van der Waals surface area contributed by atoms with Gasteiger partial charge in [0.1, 0.15) is 0 Å². The average Bonchev–Trinajstić information content (AvgIpc) is 3.05. The topological polar surface area (TPSA) is 66.5 Å². The third-order valence-electron chi connectivity index (χ3n) is 4.46. The lowest BCUT2D eigenvalue weighted by Crippen LogP contribution is -2.30. The molecular weight excluding hydrogens is 348 g/mol. The molecule has 0 radical (unpaired) electrons. The van der Waals surface area contributed by atoms with E-state index in [9.17, 15) is 13.2 Å². The number of fused-ring (bicyclic) bond motifs is 1. The molecule has 1 amide bonds. The number of aryl methyl sites for hydroxylation is 1. The number of carbonyl (C=O) groups excluding carboxylic acids is 1. The summed E-state index contributed by atoms with van der Waals surface area (Å²) in [6, 6.07) is 11.0. The SMILES string of the molecule is CC.Cc1cccc2c(S(=O)(=O)NCCCN3CCCC3=O)cccc12. The van der Waals surface area contributed by atoms with Gasteiger partial charge in [-0.3, -0.25) is 4.79 Å². The van der Waals surface area contributed by atoms with Crippen molar-refractivity contribution in [2.45, 2.75) is 44.9 Å². The van der Waals surface area contributed by atoms with Crippen LogP contribution >= 0.6 is 0 Å². The molecule has 1 N–H and O–H groups in total. The second-order valence-corrected chi connectivity index (χ2v) is 7.90. The molecule has 26 heavy (non-hydrogen) atoms. The van der Waals surface area contributed by atoms with E-state index in [-0.39, 0.29) is 5.91 Å². The van der Waals surface area contributed by atoms with E-state index in [0.717, 1.165) is 29.3 Å². The van der Waals surface area contributed by atoms with E-state index in [2.05, 4.69) is 4.72 Å². The number of hydrogen-bond donors (Lipinski definition) is 1. The fourth-order valence-corrected chi connectivity index (χ4v) is 4.46. The van der Waals surface area contributed by atoms with Crippen molar-refractivity contribution in [1.82, 2.24) is 9.62 Å². The molecule has 1 heterocycles. The molecule has 142 valence electrons. The highest BCUT2D eigenvalue weighted by molar-refractivity contribution is 7.89. The fourth-order valence-electron chi connectivity index (χ4n) is 3.17. The van der Waals surface area contributed by atoms with Crippen LogP contribution in [0.15, 0.2) is 41.3 Å². The van der Waals surface area contributed by atoms with Crippen molar-refractivity contribution in [3.63, 3.8) is 0 Å². The minimum Gasteiger partial charge on any atom is -0.343 e. The van der Waals surface area contributed by atoms with Crippen molar-refractivity contribution in [2.75, 3.05) is 19.6 Å². The summed E-state index contributed by atoms with van der Waals surface area (Å²) in [5.74, 6) is 0.169. The first-order valence-electron chi connectivity index (χ1n) is 9.25. The monoisotopic (exact) mass is 376 g/mol. The molecule has 0 unspecified atom stereocenters. The van der Waals surface area contributed by atoms with Crippen LogP contribution in [0.2, 0.25) is 0 Å². The van der Waals surface area contributed by atoms with Crippen LogP contribution in [0.1, 0.15) is 38.7 Å². The van der Waals surface area contributed by atoms with E-state index >= 15 is 0 Å². The quantitative estimate of drug-likeness (QED) is 0.785. The van der Waals surface area contributed by atoms with Gasteiger partial charge in [-0.1, -0.05) is 44.2 Å². The number of carbonyl (C=O) groups is 1. The molecule has 1 fully saturated rings. The Morgan fingerprint density at radius 3 is 2.46 bits per heavy atom. The number of nitrogens with one attached hydrogen (secondary N) is 1. The van der Waals surface area contributed by atoms with Crippen molar-refractivity contribution in [1.29, 1.82) is 0 Å². The molecular formula is C20H28N2O3S. The van der Waals surface area contributed by atoms with Crippen LogP contribution < -0.4 is 4.72 Å². The highest BCUT2D eigenvalue weighted by Gasteiger charge is 2.20. The molecule has 0 bridgehead atoms. The molecule has 0 saturated carbocycles. The van der Waals surface area contributed by atoms with Gasteiger partial charge in [0.25, 0.3) is 0 Å². The van der Waals surface area contributed by atoms with Gasteiger partial charge in [0.05, 0.1) is 4.90 Å². The molecule has 2 aromatic carbocycles. The van der Waals surface area contributed by atoms with Crippen LogP contribution in [0.25, 0.3) is 10.8 Å². The summed E-state index contributed by atoms with van der Waals surface area (Å²) in [5.41, 5.74) is 1.05. The summed E-state index contributed by atoms with van der Waals surface area (Å²) in [6.45, 7) is 7.69. The Balaban J connectivity index is 0.00000117. The van der Waals surface area contributed by atoms with Crippen LogP contribution in [0.5, 0.6) is 0 Å². The predicted octanol–water partition coefficient (Wildman–Crippen LogP) is 3.47. The minimum absolute atomic E-state index is 0.169. The number of benzene rings is 2. The molecule has 0 aliphatic carbocycles. The number of amides is 1. The highest BCUT2D eigenvalue weighted by Crippen LogP contribution is 2.25. The summed E-state index contributed by atoms with van der Waals surface area (Å²) >= 11 is 0. The van der Waals surface area contributed by atoms with Crippen molar-refractivity contribution < 1.29 is 13.2 Å². The third kappa shape index (κ3) is 4.62. The van der Waals surface area contributed by atoms with Crippen molar-refractivity contribution in [3.8, 4) is 0 Å².